The van der Waals surface area contributed by atoms with Crippen molar-refractivity contribution in [3.63, 3.8) is 0 Å². The van der Waals surface area contributed by atoms with E-state index in [1.54, 1.807) is 12.2 Å². The third kappa shape index (κ3) is 5.59. The van der Waals surface area contributed by atoms with Crippen LogP contribution in [0.3, 0.4) is 0 Å². The molecular formula is C10H15F. The summed E-state index contributed by atoms with van der Waals surface area (Å²) in [7, 11) is 0. The van der Waals surface area contributed by atoms with Gasteiger partial charge in [0.1, 0.15) is 5.83 Å². The second-order valence-electron chi connectivity index (χ2n) is 2.91. The van der Waals surface area contributed by atoms with E-state index in [2.05, 4.69) is 6.58 Å². The highest BCUT2D eigenvalue weighted by atomic mass is 19.1. The fourth-order valence-electron chi connectivity index (χ4n) is 0.497. The summed E-state index contributed by atoms with van der Waals surface area (Å²) < 4.78 is 12.8. The molecule has 0 spiro atoms. The highest BCUT2D eigenvalue weighted by Gasteiger charge is 1.97. The summed E-state index contributed by atoms with van der Waals surface area (Å²) in [5.74, 6) is -0.118. The molecule has 0 saturated heterocycles. The molecule has 0 saturated carbocycles. The third-order valence-electron chi connectivity index (χ3n) is 1.19. The van der Waals surface area contributed by atoms with Crippen LogP contribution in [0.1, 0.15) is 20.8 Å². The lowest BCUT2D eigenvalue weighted by molar-refractivity contribution is 0.520. The molecule has 0 aromatic rings. The monoisotopic (exact) mass is 154 g/mol. The number of rotatable bonds is 3. The van der Waals surface area contributed by atoms with Gasteiger partial charge in [-0.15, -0.1) is 0 Å². The number of allylic oxidation sites excluding steroid dienone is 5. The quantitative estimate of drug-likeness (QED) is 0.544. The Bertz CT molecular complexity index is 185. The van der Waals surface area contributed by atoms with E-state index in [1.807, 2.05) is 20.8 Å². The van der Waals surface area contributed by atoms with Gasteiger partial charge in [-0.1, -0.05) is 38.2 Å². The second kappa shape index (κ2) is 4.89. The molecule has 0 aromatic heterocycles. The van der Waals surface area contributed by atoms with Crippen LogP contribution in [0, 0.1) is 5.92 Å². The zero-order valence-corrected chi connectivity index (χ0v) is 7.39. The van der Waals surface area contributed by atoms with Gasteiger partial charge < -0.3 is 0 Å². The van der Waals surface area contributed by atoms with E-state index in [4.69, 9.17) is 0 Å². The van der Waals surface area contributed by atoms with E-state index >= 15 is 0 Å². The number of halogens is 1. The van der Waals surface area contributed by atoms with E-state index < -0.39 is 0 Å². The molecule has 0 fully saturated rings. The van der Waals surface area contributed by atoms with E-state index in [1.165, 1.54) is 6.08 Å². The average Bonchev–Trinajstić information content (AvgIpc) is 1.86. The smallest absolute Gasteiger partial charge is 0.102 e. The van der Waals surface area contributed by atoms with E-state index in [-0.39, 0.29) is 11.7 Å². The summed E-state index contributed by atoms with van der Waals surface area (Å²) in [6, 6.07) is 0. The molecule has 0 amide bonds. The maximum atomic E-state index is 12.8. The van der Waals surface area contributed by atoms with E-state index in [0.717, 1.165) is 5.57 Å². The molecule has 0 radical (unpaired) electrons. The van der Waals surface area contributed by atoms with Gasteiger partial charge in [0.05, 0.1) is 0 Å². The zero-order valence-electron chi connectivity index (χ0n) is 7.39. The van der Waals surface area contributed by atoms with Crippen molar-refractivity contribution in [1.29, 1.82) is 0 Å². The van der Waals surface area contributed by atoms with E-state index in [0.29, 0.717) is 0 Å². The second-order valence-corrected chi connectivity index (χ2v) is 2.91. The Balaban J connectivity index is 4.01. The summed E-state index contributed by atoms with van der Waals surface area (Å²) in [5.41, 5.74) is 0.929. The van der Waals surface area contributed by atoms with Gasteiger partial charge in [-0.3, -0.25) is 0 Å². The van der Waals surface area contributed by atoms with Crippen LogP contribution < -0.4 is 0 Å². The van der Waals surface area contributed by atoms with Gasteiger partial charge in [0, 0.05) is 5.92 Å². The maximum Gasteiger partial charge on any atom is 0.102 e. The first-order valence-corrected chi connectivity index (χ1v) is 3.73. The normalized spacial score (nSPS) is 13.0. The molecule has 0 bridgehead atoms. The maximum absolute atomic E-state index is 12.8. The summed E-state index contributed by atoms with van der Waals surface area (Å²) in [6.45, 7) is 9.17. The molecule has 0 N–H and O–H groups in total. The molecule has 0 rings (SSSR count). The van der Waals surface area contributed by atoms with Crippen molar-refractivity contribution < 1.29 is 4.39 Å². The van der Waals surface area contributed by atoms with Gasteiger partial charge in [0.25, 0.3) is 0 Å². The molecule has 0 aliphatic heterocycles. The highest BCUT2D eigenvalue weighted by Crippen LogP contribution is 2.10. The van der Waals surface area contributed by atoms with Crippen LogP contribution in [0.4, 0.5) is 4.39 Å². The van der Waals surface area contributed by atoms with Crippen LogP contribution in [0.25, 0.3) is 0 Å². The predicted octanol–water partition coefficient (Wildman–Crippen LogP) is 3.63. The van der Waals surface area contributed by atoms with Gasteiger partial charge in [-0.05, 0) is 13.0 Å². The summed E-state index contributed by atoms with van der Waals surface area (Å²) in [5, 5.41) is 0. The number of hydrogen-bond acceptors (Lipinski definition) is 0. The van der Waals surface area contributed by atoms with Crippen molar-refractivity contribution in [3.8, 4) is 0 Å². The molecule has 0 aliphatic carbocycles. The van der Waals surface area contributed by atoms with Gasteiger partial charge in [-0.25, -0.2) is 4.39 Å². The molecule has 0 heterocycles. The van der Waals surface area contributed by atoms with Crippen LogP contribution in [-0.4, -0.2) is 0 Å². The van der Waals surface area contributed by atoms with Gasteiger partial charge >= 0.3 is 0 Å². The Hall–Kier alpha value is -0.850. The Labute approximate surface area is 68.1 Å². The average molecular weight is 154 g/mol. The summed E-state index contributed by atoms with van der Waals surface area (Å²) in [4.78, 5) is 0. The van der Waals surface area contributed by atoms with Crippen molar-refractivity contribution in [2.45, 2.75) is 20.8 Å². The van der Waals surface area contributed by atoms with Crippen LogP contribution in [0.15, 0.2) is 36.2 Å². The lowest BCUT2D eigenvalue weighted by Gasteiger charge is -1.96. The first kappa shape index (κ1) is 10.2. The van der Waals surface area contributed by atoms with Crippen molar-refractivity contribution >= 4 is 0 Å². The fourth-order valence-corrected chi connectivity index (χ4v) is 0.497. The fraction of sp³-hybridized carbons (Fsp3) is 0.400. The van der Waals surface area contributed by atoms with Crippen LogP contribution in [-0.2, 0) is 0 Å². The van der Waals surface area contributed by atoms with Crippen molar-refractivity contribution in [1.82, 2.24) is 0 Å². The predicted molar refractivity (Wildman–Crippen MR) is 48.0 cm³/mol. The van der Waals surface area contributed by atoms with Crippen molar-refractivity contribution in [3.05, 3.63) is 36.2 Å². The highest BCUT2D eigenvalue weighted by molar-refractivity contribution is 5.18. The first-order chi connectivity index (χ1) is 5.04. The Morgan fingerprint density at radius 2 is 2.00 bits per heavy atom. The van der Waals surface area contributed by atoms with Crippen LogP contribution in [0.2, 0.25) is 0 Å². The van der Waals surface area contributed by atoms with Gasteiger partial charge in [0.2, 0.25) is 0 Å². The molecule has 0 atom stereocenters. The molecular weight excluding hydrogens is 139 g/mol. The lowest BCUT2D eigenvalue weighted by atomic mass is 10.2. The Morgan fingerprint density at radius 3 is 2.36 bits per heavy atom. The largest absolute Gasteiger partial charge is 0.212 e. The molecule has 0 unspecified atom stereocenters. The number of hydrogen-bond donors (Lipinski definition) is 0. The Morgan fingerprint density at radius 1 is 1.45 bits per heavy atom. The topological polar surface area (TPSA) is 0 Å². The van der Waals surface area contributed by atoms with Crippen LogP contribution >= 0.6 is 0 Å². The minimum atomic E-state index is -0.0949. The van der Waals surface area contributed by atoms with Crippen molar-refractivity contribution in [2.75, 3.05) is 0 Å². The minimum absolute atomic E-state index is 0.0234. The molecule has 11 heavy (non-hydrogen) atoms. The molecule has 0 nitrogen and oxygen atoms in total. The first-order valence-electron chi connectivity index (χ1n) is 3.73. The zero-order chi connectivity index (χ0) is 8.85. The standard InChI is InChI=1S/C10H15F/c1-8(2)6-5-7-10(11)9(3)4/h5-7,9H,1H2,2-4H3/b6-5-,10-7+. The van der Waals surface area contributed by atoms with Gasteiger partial charge in [0.15, 0.2) is 0 Å². The molecule has 0 aliphatic rings. The van der Waals surface area contributed by atoms with E-state index in [9.17, 15) is 4.39 Å². The van der Waals surface area contributed by atoms with Gasteiger partial charge in [-0.2, -0.15) is 0 Å². The molecule has 62 valence electrons. The van der Waals surface area contributed by atoms with Crippen molar-refractivity contribution in [2.24, 2.45) is 5.92 Å². The molecule has 0 aromatic carbocycles. The minimum Gasteiger partial charge on any atom is -0.212 e. The molecule has 1 heteroatoms. The third-order valence-corrected chi connectivity index (χ3v) is 1.19. The SMILES string of the molecule is C=C(C)/C=C\C=C(\F)C(C)C. The Kier molecular flexibility index (Phi) is 4.51. The lowest BCUT2D eigenvalue weighted by Crippen LogP contribution is -1.84. The van der Waals surface area contributed by atoms with Crippen LogP contribution in [0.5, 0.6) is 0 Å². The summed E-state index contributed by atoms with van der Waals surface area (Å²) in [6.07, 6.45) is 4.93. The summed E-state index contributed by atoms with van der Waals surface area (Å²) >= 11 is 0.